The van der Waals surface area contributed by atoms with E-state index in [-0.39, 0.29) is 12.5 Å². The van der Waals surface area contributed by atoms with Crippen molar-refractivity contribution in [3.05, 3.63) is 70.3 Å². The third-order valence-electron chi connectivity index (χ3n) is 4.23. The highest BCUT2D eigenvalue weighted by Crippen LogP contribution is 2.19. The average Bonchev–Trinajstić information content (AvgIpc) is 2.55. The summed E-state index contributed by atoms with van der Waals surface area (Å²) in [7, 11) is 0. The molecule has 4 aliphatic carbocycles. The molecule has 0 aliphatic heterocycles. The monoisotopic (exact) mass is 309 g/mol. The standard InChI is InChI=1S/C19H19NO3/c21-18(22)12-20-19(23)17-11-15-6-5-13-1-3-14(4-2-13)7-9-16(17)10-8-15/h1-4,8,10-11H,5-7,9,12H2,(H,20,23)(H,21,22). The van der Waals surface area contributed by atoms with E-state index >= 15 is 0 Å². The zero-order valence-corrected chi connectivity index (χ0v) is 12.8. The van der Waals surface area contributed by atoms with E-state index in [9.17, 15) is 9.59 Å². The van der Waals surface area contributed by atoms with E-state index in [2.05, 4.69) is 35.6 Å². The van der Waals surface area contributed by atoms with E-state index < -0.39 is 5.97 Å². The van der Waals surface area contributed by atoms with Crippen LogP contribution in [0.25, 0.3) is 0 Å². The Morgan fingerprint density at radius 1 is 0.870 bits per heavy atom. The van der Waals surface area contributed by atoms with E-state index in [0.717, 1.165) is 36.8 Å². The summed E-state index contributed by atoms with van der Waals surface area (Å²) in [4.78, 5) is 23.0. The van der Waals surface area contributed by atoms with Crippen LogP contribution in [0.2, 0.25) is 0 Å². The summed E-state index contributed by atoms with van der Waals surface area (Å²) in [6.45, 7) is -0.358. The number of carboxylic acids is 1. The first kappa shape index (κ1) is 15.3. The number of rotatable bonds is 3. The van der Waals surface area contributed by atoms with Crippen molar-refractivity contribution in [2.24, 2.45) is 0 Å². The SMILES string of the molecule is O=C(O)CNC(=O)c1cc2ccc1CCc1ccc(cc1)CC2. The second-order valence-electron chi connectivity index (χ2n) is 5.88. The summed E-state index contributed by atoms with van der Waals surface area (Å²) < 4.78 is 0. The molecule has 0 radical (unpaired) electrons. The Morgan fingerprint density at radius 3 is 2.09 bits per heavy atom. The number of hydrogen-bond acceptors (Lipinski definition) is 2. The molecule has 118 valence electrons. The molecule has 0 saturated heterocycles. The normalized spacial score (nSPS) is 13.2. The molecular weight excluding hydrogens is 290 g/mol. The van der Waals surface area contributed by atoms with Crippen LogP contribution in [0.5, 0.6) is 0 Å². The third kappa shape index (κ3) is 3.77. The molecule has 4 heteroatoms. The van der Waals surface area contributed by atoms with E-state index in [1.165, 1.54) is 11.1 Å². The quantitative estimate of drug-likeness (QED) is 0.915. The van der Waals surface area contributed by atoms with Gasteiger partial charge in [0, 0.05) is 5.56 Å². The number of amides is 1. The second-order valence-corrected chi connectivity index (χ2v) is 5.88. The van der Waals surface area contributed by atoms with Crippen molar-refractivity contribution < 1.29 is 14.7 Å². The van der Waals surface area contributed by atoms with Crippen molar-refractivity contribution in [3.8, 4) is 0 Å². The number of carbonyl (C=O) groups excluding carboxylic acids is 1. The molecule has 4 bridgehead atoms. The van der Waals surface area contributed by atoms with Gasteiger partial charge < -0.3 is 10.4 Å². The molecular formula is C19H19NO3. The van der Waals surface area contributed by atoms with Gasteiger partial charge in [0.05, 0.1) is 0 Å². The summed E-state index contributed by atoms with van der Waals surface area (Å²) in [5.41, 5.74) is 5.18. The lowest BCUT2D eigenvalue weighted by Crippen LogP contribution is -2.30. The van der Waals surface area contributed by atoms with Gasteiger partial charge in [0.15, 0.2) is 0 Å². The minimum Gasteiger partial charge on any atom is -0.480 e. The van der Waals surface area contributed by atoms with Crippen LogP contribution in [0, 0.1) is 0 Å². The Labute approximate surface area is 135 Å². The highest BCUT2D eigenvalue weighted by atomic mass is 16.4. The Hall–Kier alpha value is -2.62. The van der Waals surface area contributed by atoms with Crippen LogP contribution in [0.15, 0.2) is 42.5 Å². The van der Waals surface area contributed by atoms with Crippen molar-refractivity contribution in [1.29, 1.82) is 0 Å². The lowest BCUT2D eigenvalue weighted by molar-refractivity contribution is -0.135. The van der Waals surface area contributed by atoms with Crippen LogP contribution in [0.1, 0.15) is 32.6 Å². The molecule has 6 rings (SSSR count). The van der Waals surface area contributed by atoms with Gasteiger partial charge in [-0.2, -0.15) is 0 Å². The molecule has 0 aromatic heterocycles. The number of hydrogen-bond donors (Lipinski definition) is 2. The van der Waals surface area contributed by atoms with E-state index in [4.69, 9.17) is 5.11 Å². The zero-order chi connectivity index (χ0) is 16.2. The van der Waals surface area contributed by atoms with Crippen molar-refractivity contribution in [2.75, 3.05) is 6.54 Å². The fourth-order valence-electron chi connectivity index (χ4n) is 2.90. The molecule has 2 N–H and O–H groups in total. The minimum absolute atomic E-state index is 0.310. The van der Waals surface area contributed by atoms with Gasteiger partial charge in [-0.05, 0) is 54.0 Å². The minimum atomic E-state index is -1.04. The van der Waals surface area contributed by atoms with E-state index in [1.54, 1.807) is 0 Å². The van der Waals surface area contributed by atoms with Crippen molar-refractivity contribution in [2.45, 2.75) is 25.7 Å². The number of carboxylic acid groups (broad SMARTS) is 1. The first-order valence-electron chi connectivity index (χ1n) is 7.81. The van der Waals surface area contributed by atoms with Gasteiger partial charge in [0.25, 0.3) is 5.91 Å². The fourth-order valence-corrected chi connectivity index (χ4v) is 2.90. The van der Waals surface area contributed by atoms with E-state index in [0.29, 0.717) is 5.56 Å². The molecule has 1 amide bonds. The maximum absolute atomic E-state index is 12.3. The highest BCUT2D eigenvalue weighted by molar-refractivity contribution is 5.97. The summed E-state index contributed by atoms with van der Waals surface area (Å²) in [6.07, 6.45) is 3.41. The van der Waals surface area contributed by atoms with Crippen molar-refractivity contribution in [1.82, 2.24) is 5.32 Å². The molecule has 4 nitrogen and oxygen atoms in total. The van der Waals surface area contributed by atoms with Crippen molar-refractivity contribution in [3.63, 3.8) is 0 Å². The lowest BCUT2D eigenvalue weighted by atomic mass is 9.93. The van der Waals surface area contributed by atoms with Crippen molar-refractivity contribution >= 4 is 11.9 Å². The molecule has 0 fully saturated rings. The number of benzene rings is 2. The number of nitrogens with one attached hydrogen (secondary N) is 1. The maximum Gasteiger partial charge on any atom is 0.322 e. The van der Waals surface area contributed by atoms with Gasteiger partial charge in [0.1, 0.15) is 6.54 Å². The van der Waals surface area contributed by atoms with Gasteiger partial charge >= 0.3 is 5.97 Å². The van der Waals surface area contributed by atoms with Gasteiger partial charge in [-0.15, -0.1) is 0 Å². The predicted octanol–water partition coefficient (Wildman–Crippen LogP) is 2.38. The first-order valence-corrected chi connectivity index (χ1v) is 7.81. The molecule has 0 spiro atoms. The molecule has 2 aromatic carbocycles. The second kappa shape index (κ2) is 6.65. The topological polar surface area (TPSA) is 66.4 Å². The Morgan fingerprint density at radius 2 is 1.43 bits per heavy atom. The summed E-state index contributed by atoms with van der Waals surface area (Å²) in [5, 5.41) is 11.2. The highest BCUT2D eigenvalue weighted by Gasteiger charge is 2.14. The Kier molecular flexibility index (Phi) is 4.42. The molecule has 23 heavy (non-hydrogen) atoms. The third-order valence-corrected chi connectivity index (χ3v) is 4.23. The van der Waals surface area contributed by atoms with Gasteiger partial charge in [-0.1, -0.05) is 36.4 Å². The number of aryl methyl sites for hydroxylation is 4. The summed E-state index contributed by atoms with van der Waals surface area (Å²) >= 11 is 0. The molecule has 0 atom stereocenters. The summed E-state index contributed by atoms with van der Waals surface area (Å²) in [6, 6.07) is 14.6. The summed E-state index contributed by atoms with van der Waals surface area (Å²) in [5.74, 6) is -1.35. The zero-order valence-electron chi connectivity index (χ0n) is 12.8. The maximum atomic E-state index is 12.3. The predicted molar refractivity (Wildman–Crippen MR) is 87.7 cm³/mol. The van der Waals surface area contributed by atoms with Crippen LogP contribution in [-0.4, -0.2) is 23.5 Å². The molecule has 0 heterocycles. The van der Waals surface area contributed by atoms with E-state index in [1.807, 2.05) is 12.1 Å². The van der Waals surface area contributed by atoms with Gasteiger partial charge in [0.2, 0.25) is 0 Å². The van der Waals surface area contributed by atoms with Crippen LogP contribution >= 0.6 is 0 Å². The van der Waals surface area contributed by atoms with Gasteiger partial charge in [-0.25, -0.2) is 0 Å². The van der Waals surface area contributed by atoms with Crippen LogP contribution in [-0.2, 0) is 30.5 Å². The number of carbonyl (C=O) groups is 2. The molecule has 2 aromatic rings. The largest absolute Gasteiger partial charge is 0.480 e. The van der Waals surface area contributed by atoms with Crippen LogP contribution in [0.3, 0.4) is 0 Å². The molecule has 0 saturated carbocycles. The number of aliphatic carboxylic acids is 1. The average molecular weight is 309 g/mol. The lowest BCUT2D eigenvalue weighted by Gasteiger charge is -2.14. The fraction of sp³-hybridized carbons (Fsp3) is 0.263. The Bertz CT molecular complexity index is 735. The van der Waals surface area contributed by atoms with Gasteiger partial charge in [-0.3, -0.25) is 9.59 Å². The van der Waals surface area contributed by atoms with Crippen LogP contribution < -0.4 is 5.32 Å². The first-order chi connectivity index (χ1) is 11.1. The smallest absolute Gasteiger partial charge is 0.322 e. The molecule has 4 aliphatic rings. The Balaban J connectivity index is 1.90. The molecule has 0 unspecified atom stereocenters. The van der Waals surface area contributed by atoms with Crippen LogP contribution in [0.4, 0.5) is 0 Å².